The fourth-order valence-corrected chi connectivity index (χ4v) is 1.81. The number of carbonyl (C=O) groups excluding carboxylic acids is 1. The molecule has 0 bridgehead atoms. The predicted molar refractivity (Wildman–Crippen MR) is 73.9 cm³/mol. The number of aromatic nitrogens is 1. The average molecular weight is 273 g/mol. The third-order valence-corrected chi connectivity index (χ3v) is 2.89. The van der Waals surface area contributed by atoms with Crippen LogP contribution in [0.25, 0.3) is 0 Å². The Morgan fingerprint density at radius 3 is 2.60 bits per heavy atom. The van der Waals surface area contributed by atoms with Gasteiger partial charge in [0.15, 0.2) is 0 Å². The van der Waals surface area contributed by atoms with Crippen LogP contribution in [0.4, 0.5) is 4.39 Å². The molecule has 1 aromatic heterocycles. The lowest BCUT2D eigenvalue weighted by Gasteiger charge is -2.05. The predicted octanol–water partition coefficient (Wildman–Crippen LogP) is 3.40. The fourth-order valence-electron chi connectivity index (χ4n) is 1.81. The summed E-state index contributed by atoms with van der Waals surface area (Å²) in [6, 6.07) is 12.0. The van der Waals surface area contributed by atoms with E-state index in [-0.39, 0.29) is 5.97 Å². The van der Waals surface area contributed by atoms with Crippen molar-refractivity contribution in [1.29, 1.82) is 0 Å². The molecule has 3 nitrogen and oxygen atoms in total. The number of pyridine rings is 1. The summed E-state index contributed by atoms with van der Waals surface area (Å²) < 4.78 is 17.8. The van der Waals surface area contributed by atoms with Crippen LogP contribution in [0.1, 0.15) is 28.8 Å². The zero-order valence-corrected chi connectivity index (χ0v) is 11.1. The standard InChI is InChI=1S/C16H16FNO2/c17-15-10-9-13(12-18-15)6-4-5-11-20-16(19)14-7-2-1-3-8-14/h1-3,7-10,12H,4-6,11H2. The van der Waals surface area contributed by atoms with Crippen LogP contribution in [-0.2, 0) is 11.2 Å². The number of ether oxygens (including phenoxy) is 1. The Morgan fingerprint density at radius 2 is 1.90 bits per heavy atom. The zero-order valence-electron chi connectivity index (χ0n) is 11.1. The Bertz CT molecular complexity index is 540. The SMILES string of the molecule is O=C(OCCCCc1ccc(F)nc1)c1ccccc1. The molecule has 0 N–H and O–H groups in total. The van der Waals surface area contributed by atoms with Crippen molar-refractivity contribution in [3.63, 3.8) is 0 Å². The summed E-state index contributed by atoms with van der Waals surface area (Å²) in [5.74, 6) is -0.764. The summed E-state index contributed by atoms with van der Waals surface area (Å²) in [5.41, 5.74) is 1.55. The summed E-state index contributed by atoms with van der Waals surface area (Å²) in [6.07, 6.45) is 3.98. The molecule has 1 heterocycles. The quantitative estimate of drug-likeness (QED) is 0.460. The number of carbonyl (C=O) groups is 1. The van der Waals surface area contributed by atoms with E-state index in [4.69, 9.17) is 4.74 Å². The van der Waals surface area contributed by atoms with E-state index >= 15 is 0 Å². The Hall–Kier alpha value is -2.23. The minimum absolute atomic E-state index is 0.297. The average Bonchev–Trinajstić information content (AvgIpc) is 2.49. The number of hydrogen-bond donors (Lipinski definition) is 0. The molecule has 0 spiro atoms. The van der Waals surface area contributed by atoms with Gasteiger partial charge in [0.2, 0.25) is 5.95 Å². The van der Waals surface area contributed by atoms with Crippen LogP contribution in [0.2, 0.25) is 0 Å². The molecule has 0 unspecified atom stereocenters. The first kappa shape index (κ1) is 14.2. The second kappa shape index (κ2) is 7.38. The van der Waals surface area contributed by atoms with Gasteiger partial charge in [-0.25, -0.2) is 9.78 Å². The third kappa shape index (κ3) is 4.46. The van der Waals surface area contributed by atoms with Gasteiger partial charge in [-0.3, -0.25) is 0 Å². The number of hydrogen-bond acceptors (Lipinski definition) is 3. The van der Waals surface area contributed by atoms with E-state index in [1.54, 1.807) is 30.3 Å². The molecule has 0 saturated heterocycles. The maximum atomic E-state index is 12.6. The number of esters is 1. The van der Waals surface area contributed by atoms with E-state index in [0.29, 0.717) is 12.2 Å². The molecule has 0 amide bonds. The minimum atomic E-state index is -0.467. The van der Waals surface area contributed by atoms with Crippen molar-refractivity contribution in [2.24, 2.45) is 0 Å². The van der Waals surface area contributed by atoms with Gasteiger partial charge in [-0.05, 0) is 43.0 Å². The highest BCUT2D eigenvalue weighted by atomic mass is 19.1. The summed E-state index contributed by atoms with van der Waals surface area (Å²) in [7, 11) is 0. The molecule has 104 valence electrons. The summed E-state index contributed by atoms with van der Waals surface area (Å²) in [4.78, 5) is 15.2. The van der Waals surface area contributed by atoms with Crippen molar-refractivity contribution in [3.05, 3.63) is 65.7 Å². The maximum Gasteiger partial charge on any atom is 0.338 e. The molecule has 0 aliphatic heterocycles. The van der Waals surface area contributed by atoms with Gasteiger partial charge in [0.1, 0.15) is 0 Å². The highest BCUT2D eigenvalue weighted by Gasteiger charge is 2.05. The van der Waals surface area contributed by atoms with Gasteiger partial charge in [-0.15, -0.1) is 0 Å². The van der Waals surface area contributed by atoms with Crippen molar-refractivity contribution in [2.75, 3.05) is 6.61 Å². The van der Waals surface area contributed by atoms with E-state index in [1.165, 1.54) is 12.3 Å². The Labute approximate surface area is 117 Å². The zero-order chi connectivity index (χ0) is 14.2. The lowest BCUT2D eigenvalue weighted by atomic mass is 10.1. The molecule has 2 rings (SSSR count). The molecule has 2 aromatic rings. The second-order valence-corrected chi connectivity index (χ2v) is 4.45. The summed E-state index contributed by atoms with van der Waals surface area (Å²) >= 11 is 0. The van der Waals surface area contributed by atoms with E-state index < -0.39 is 5.95 Å². The van der Waals surface area contributed by atoms with Crippen LogP contribution in [0.3, 0.4) is 0 Å². The number of nitrogens with zero attached hydrogens (tertiary/aromatic N) is 1. The Balaban J connectivity index is 1.64. The van der Waals surface area contributed by atoms with E-state index in [1.807, 2.05) is 6.07 Å². The van der Waals surface area contributed by atoms with Crippen molar-refractivity contribution in [2.45, 2.75) is 19.3 Å². The van der Waals surface area contributed by atoms with Crippen LogP contribution >= 0.6 is 0 Å². The normalized spacial score (nSPS) is 10.2. The Morgan fingerprint density at radius 1 is 1.10 bits per heavy atom. The molecular weight excluding hydrogens is 257 g/mol. The molecule has 20 heavy (non-hydrogen) atoms. The number of aryl methyl sites for hydroxylation is 1. The first-order valence-electron chi connectivity index (χ1n) is 6.58. The van der Waals surface area contributed by atoms with Crippen LogP contribution in [0.15, 0.2) is 48.7 Å². The first-order valence-corrected chi connectivity index (χ1v) is 6.58. The van der Waals surface area contributed by atoms with Crippen LogP contribution in [-0.4, -0.2) is 17.6 Å². The molecular formula is C16H16FNO2. The Kier molecular flexibility index (Phi) is 5.24. The lowest BCUT2D eigenvalue weighted by molar-refractivity contribution is 0.0498. The highest BCUT2D eigenvalue weighted by molar-refractivity contribution is 5.89. The van der Waals surface area contributed by atoms with E-state index in [9.17, 15) is 9.18 Å². The van der Waals surface area contributed by atoms with Gasteiger partial charge < -0.3 is 4.74 Å². The van der Waals surface area contributed by atoms with Crippen LogP contribution in [0, 0.1) is 5.95 Å². The molecule has 0 radical (unpaired) electrons. The number of unbranched alkanes of at least 4 members (excludes halogenated alkanes) is 1. The molecule has 0 fully saturated rings. The highest BCUT2D eigenvalue weighted by Crippen LogP contribution is 2.06. The third-order valence-electron chi connectivity index (χ3n) is 2.89. The molecule has 0 atom stereocenters. The lowest BCUT2D eigenvalue weighted by Crippen LogP contribution is -2.06. The topological polar surface area (TPSA) is 39.2 Å². The monoisotopic (exact) mass is 273 g/mol. The van der Waals surface area contributed by atoms with Gasteiger partial charge in [0.05, 0.1) is 12.2 Å². The van der Waals surface area contributed by atoms with E-state index in [0.717, 1.165) is 24.8 Å². The largest absolute Gasteiger partial charge is 0.462 e. The fraction of sp³-hybridized carbons (Fsp3) is 0.250. The number of benzene rings is 1. The van der Waals surface area contributed by atoms with Gasteiger partial charge in [0.25, 0.3) is 0 Å². The molecule has 4 heteroatoms. The first-order chi connectivity index (χ1) is 9.75. The maximum absolute atomic E-state index is 12.6. The molecule has 1 aromatic carbocycles. The molecule has 0 aliphatic rings. The van der Waals surface area contributed by atoms with Gasteiger partial charge in [0, 0.05) is 6.20 Å². The smallest absolute Gasteiger partial charge is 0.338 e. The van der Waals surface area contributed by atoms with Crippen molar-refractivity contribution in [1.82, 2.24) is 4.98 Å². The van der Waals surface area contributed by atoms with Crippen LogP contribution in [0.5, 0.6) is 0 Å². The summed E-state index contributed by atoms with van der Waals surface area (Å²) in [5, 5.41) is 0. The van der Waals surface area contributed by atoms with Gasteiger partial charge in [-0.1, -0.05) is 24.3 Å². The van der Waals surface area contributed by atoms with Gasteiger partial charge >= 0.3 is 5.97 Å². The van der Waals surface area contributed by atoms with Crippen molar-refractivity contribution in [3.8, 4) is 0 Å². The van der Waals surface area contributed by atoms with Crippen molar-refractivity contribution >= 4 is 5.97 Å². The molecule has 0 saturated carbocycles. The minimum Gasteiger partial charge on any atom is -0.462 e. The van der Waals surface area contributed by atoms with E-state index in [2.05, 4.69) is 4.98 Å². The summed E-state index contributed by atoms with van der Waals surface area (Å²) in [6.45, 7) is 0.391. The number of halogens is 1. The van der Waals surface area contributed by atoms with Crippen LogP contribution < -0.4 is 0 Å². The second-order valence-electron chi connectivity index (χ2n) is 4.45. The van der Waals surface area contributed by atoms with Gasteiger partial charge in [-0.2, -0.15) is 4.39 Å². The molecule has 0 aliphatic carbocycles. The number of rotatable bonds is 6. The van der Waals surface area contributed by atoms with Crippen molar-refractivity contribution < 1.29 is 13.9 Å².